The van der Waals surface area contributed by atoms with E-state index in [1.165, 1.54) is 0 Å². The van der Waals surface area contributed by atoms with Crippen molar-refractivity contribution in [3.63, 3.8) is 0 Å². The molecule has 0 saturated heterocycles. The molecular weight excluding hydrogens is 302 g/mol. The summed E-state index contributed by atoms with van der Waals surface area (Å²) in [4.78, 5) is 33.1. The number of carbonyl (C=O) groups is 3. The average molecular weight is 325 g/mol. The molecule has 0 saturated carbocycles. The number of ether oxygens (including phenoxy) is 3. The van der Waals surface area contributed by atoms with Gasteiger partial charge in [0.1, 0.15) is 0 Å². The maximum absolute atomic E-state index is 11.0. The van der Waals surface area contributed by atoms with Gasteiger partial charge in [0.25, 0.3) is 0 Å². The number of esters is 3. The van der Waals surface area contributed by atoms with E-state index in [1.807, 2.05) is 0 Å². The second-order valence-corrected chi connectivity index (χ2v) is 4.73. The van der Waals surface area contributed by atoms with Gasteiger partial charge in [-0.25, -0.2) is 14.4 Å². The van der Waals surface area contributed by atoms with Crippen LogP contribution in [-0.2, 0) is 28.6 Å². The van der Waals surface area contributed by atoms with Crippen LogP contribution in [0.3, 0.4) is 0 Å². The Labute approximate surface area is 135 Å². The van der Waals surface area contributed by atoms with Crippen molar-refractivity contribution in [3.8, 4) is 0 Å². The molecule has 0 bridgehead atoms. The standard InChI is InChI=1S/C16H23NO6/c1-4-13(18)21-10-7-16(17,8-11-22-14(19)5-2)9-12-23-15(20)6-3/h4-6H,1-3,7-12,17H2. The smallest absolute Gasteiger partial charge is 0.330 e. The Bertz CT molecular complexity index is 393. The van der Waals surface area contributed by atoms with Crippen LogP contribution in [-0.4, -0.2) is 43.3 Å². The average Bonchev–Trinajstić information content (AvgIpc) is 2.54. The highest BCUT2D eigenvalue weighted by Gasteiger charge is 2.26. The highest BCUT2D eigenvalue weighted by molar-refractivity contribution is 5.81. The Morgan fingerprint density at radius 3 is 1.22 bits per heavy atom. The summed E-state index contributed by atoms with van der Waals surface area (Å²) in [5.41, 5.74) is 5.40. The van der Waals surface area contributed by atoms with Crippen molar-refractivity contribution in [3.05, 3.63) is 38.0 Å². The molecule has 0 aromatic carbocycles. The molecular formula is C16H23NO6. The van der Waals surface area contributed by atoms with Crippen molar-refractivity contribution < 1.29 is 28.6 Å². The predicted molar refractivity (Wildman–Crippen MR) is 84.2 cm³/mol. The van der Waals surface area contributed by atoms with Crippen LogP contribution in [0.1, 0.15) is 19.3 Å². The zero-order chi connectivity index (χ0) is 17.7. The molecule has 0 aliphatic rings. The Hall–Kier alpha value is -2.41. The fraction of sp³-hybridized carbons (Fsp3) is 0.438. The molecule has 0 heterocycles. The SMILES string of the molecule is C=CC(=O)OCCC(N)(CCOC(=O)C=C)CCOC(=O)C=C. The minimum atomic E-state index is -0.829. The van der Waals surface area contributed by atoms with Gasteiger partial charge < -0.3 is 19.9 Å². The molecule has 0 fully saturated rings. The van der Waals surface area contributed by atoms with Gasteiger partial charge >= 0.3 is 17.9 Å². The predicted octanol–water partition coefficient (Wildman–Crippen LogP) is 1.04. The zero-order valence-corrected chi connectivity index (χ0v) is 13.1. The Morgan fingerprint density at radius 1 is 0.739 bits per heavy atom. The van der Waals surface area contributed by atoms with Crippen molar-refractivity contribution in [2.75, 3.05) is 19.8 Å². The van der Waals surface area contributed by atoms with E-state index in [4.69, 9.17) is 19.9 Å². The Kier molecular flexibility index (Phi) is 10.0. The lowest BCUT2D eigenvalue weighted by atomic mass is 9.89. The van der Waals surface area contributed by atoms with E-state index in [9.17, 15) is 14.4 Å². The minimum absolute atomic E-state index is 0.0756. The van der Waals surface area contributed by atoms with E-state index in [-0.39, 0.29) is 19.8 Å². The van der Waals surface area contributed by atoms with Crippen LogP contribution < -0.4 is 5.73 Å². The van der Waals surface area contributed by atoms with Crippen LogP contribution in [0, 0.1) is 0 Å². The first-order valence-electron chi connectivity index (χ1n) is 7.03. The van der Waals surface area contributed by atoms with E-state index >= 15 is 0 Å². The van der Waals surface area contributed by atoms with E-state index in [0.29, 0.717) is 19.3 Å². The normalized spacial score (nSPS) is 10.3. The topological polar surface area (TPSA) is 105 Å². The summed E-state index contributed by atoms with van der Waals surface area (Å²) in [5.74, 6) is -1.66. The van der Waals surface area contributed by atoms with E-state index in [2.05, 4.69) is 19.7 Å². The lowest BCUT2D eigenvalue weighted by Crippen LogP contribution is -2.43. The van der Waals surface area contributed by atoms with Crippen LogP contribution in [0.4, 0.5) is 0 Å². The maximum Gasteiger partial charge on any atom is 0.330 e. The molecule has 128 valence electrons. The summed E-state index contributed by atoms with van der Waals surface area (Å²) >= 11 is 0. The number of hydrogen-bond donors (Lipinski definition) is 1. The van der Waals surface area contributed by atoms with Gasteiger partial charge in [-0.15, -0.1) is 0 Å². The molecule has 0 aromatic heterocycles. The minimum Gasteiger partial charge on any atom is -0.462 e. The van der Waals surface area contributed by atoms with E-state index in [0.717, 1.165) is 18.2 Å². The summed E-state index contributed by atoms with van der Waals surface area (Å²) in [6.07, 6.45) is 4.08. The van der Waals surface area contributed by atoms with E-state index < -0.39 is 23.4 Å². The summed E-state index contributed by atoms with van der Waals surface area (Å²) in [6, 6.07) is 0. The van der Waals surface area contributed by atoms with Gasteiger partial charge in [0, 0.05) is 23.8 Å². The third kappa shape index (κ3) is 10.0. The number of nitrogens with two attached hydrogens (primary N) is 1. The number of rotatable bonds is 12. The Morgan fingerprint density at radius 2 is 1.00 bits per heavy atom. The third-order valence-corrected chi connectivity index (χ3v) is 3.03. The first-order chi connectivity index (χ1) is 10.9. The van der Waals surface area contributed by atoms with Gasteiger partial charge in [-0.1, -0.05) is 19.7 Å². The van der Waals surface area contributed by atoms with Gasteiger partial charge in [0.2, 0.25) is 0 Å². The van der Waals surface area contributed by atoms with Crippen molar-refractivity contribution in [2.24, 2.45) is 5.73 Å². The molecule has 0 unspecified atom stereocenters. The molecule has 2 N–H and O–H groups in total. The second-order valence-electron chi connectivity index (χ2n) is 4.73. The van der Waals surface area contributed by atoms with Crippen LogP contribution >= 0.6 is 0 Å². The fourth-order valence-electron chi connectivity index (χ4n) is 1.62. The molecule has 23 heavy (non-hydrogen) atoms. The first-order valence-corrected chi connectivity index (χ1v) is 7.03. The molecule has 0 aromatic rings. The molecule has 0 radical (unpaired) electrons. The fourth-order valence-corrected chi connectivity index (χ4v) is 1.62. The van der Waals surface area contributed by atoms with Crippen molar-refractivity contribution >= 4 is 17.9 Å². The summed E-state index contributed by atoms with van der Waals surface area (Å²) in [5, 5.41) is 0. The monoisotopic (exact) mass is 325 g/mol. The molecule has 0 amide bonds. The highest BCUT2D eigenvalue weighted by Crippen LogP contribution is 2.18. The lowest BCUT2D eigenvalue weighted by Gasteiger charge is -2.29. The van der Waals surface area contributed by atoms with Crippen molar-refractivity contribution in [1.29, 1.82) is 0 Å². The Balaban J connectivity index is 4.47. The maximum atomic E-state index is 11.0. The molecule has 0 spiro atoms. The largest absolute Gasteiger partial charge is 0.462 e. The molecule has 0 rings (SSSR count). The van der Waals surface area contributed by atoms with Crippen LogP contribution in [0.25, 0.3) is 0 Å². The summed E-state index contributed by atoms with van der Waals surface area (Å²) < 4.78 is 14.7. The van der Waals surface area contributed by atoms with Gasteiger partial charge in [-0.3, -0.25) is 0 Å². The first kappa shape index (κ1) is 20.6. The molecule has 7 nitrogen and oxygen atoms in total. The number of carbonyl (C=O) groups excluding carboxylic acids is 3. The molecule has 7 heteroatoms. The molecule has 0 aliphatic heterocycles. The summed E-state index contributed by atoms with van der Waals surface area (Å²) in [6.45, 7) is 10.1. The lowest BCUT2D eigenvalue weighted by molar-refractivity contribution is -0.138. The van der Waals surface area contributed by atoms with Crippen LogP contribution in [0.15, 0.2) is 38.0 Å². The second kappa shape index (κ2) is 11.2. The molecule has 0 aliphatic carbocycles. The van der Waals surface area contributed by atoms with Gasteiger partial charge in [0.05, 0.1) is 19.8 Å². The molecule has 0 atom stereocenters. The van der Waals surface area contributed by atoms with Gasteiger partial charge in [-0.2, -0.15) is 0 Å². The van der Waals surface area contributed by atoms with Crippen LogP contribution in [0.5, 0.6) is 0 Å². The zero-order valence-electron chi connectivity index (χ0n) is 13.1. The van der Waals surface area contributed by atoms with Crippen LogP contribution in [0.2, 0.25) is 0 Å². The van der Waals surface area contributed by atoms with Crippen molar-refractivity contribution in [2.45, 2.75) is 24.8 Å². The quantitative estimate of drug-likeness (QED) is 0.325. The van der Waals surface area contributed by atoms with E-state index in [1.54, 1.807) is 0 Å². The number of hydrogen-bond acceptors (Lipinski definition) is 7. The van der Waals surface area contributed by atoms with Crippen molar-refractivity contribution in [1.82, 2.24) is 0 Å². The van der Waals surface area contributed by atoms with Gasteiger partial charge in [-0.05, 0) is 19.3 Å². The third-order valence-electron chi connectivity index (χ3n) is 3.03. The van der Waals surface area contributed by atoms with Gasteiger partial charge in [0.15, 0.2) is 0 Å². The summed E-state index contributed by atoms with van der Waals surface area (Å²) in [7, 11) is 0. The highest BCUT2D eigenvalue weighted by atomic mass is 16.5.